The fourth-order valence-corrected chi connectivity index (χ4v) is 3.82. The molecule has 160 valence electrons. The number of methoxy groups -OCH3 is 1. The second-order valence-electron chi connectivity index (χ2n) is 7.30. The van der Waals surface area contributed by atoms with Gasteiger partial charge in [-0.1, -0.05) is 11.6 Å². The van der Waals surface area contributed by atoms with Gasteiger partial charge in [0.05, 0.1) is 24.1 Å². The number of amides is 1. The van der Waals surface area contributed by atoms with Crippen LogP contribution < -0.4 is 15.7 Å². The van der Waals surface area contributed by atoms with Crippen LogP contribution in [-0.4, -0.2) is 29.7 Å². The minimum absolute atomic E-state index is 0.107. The molecule has 0 unspecified atom stereocenters. The minimum Gasteiger partial charge on any atom is -0.506 e. The molecule has 3 N–H and O–H groups in total. The maximum atomic E-state index is 12.5. The number of halogens is 1. The fourth-order valence-electron chi connectivity index (χ4n) is 3.65. The van der Waals surface area contributed by atoms with Crippen molar-refractivity contribution in [2.24, 2.45) is 0 Å². The quantitative estimate of drug-likeness (QED) is 0.395. The van der Waals surface area contributed by atoms with Gasteiger partial charge >= 0.3 is 5.63 Å². The summed E-state index contributed by atoms with van der Waals surface area (Å²) >= 11 is 5.98. The zero-order valence-electron chi connectivity index (χ0n) is 17.0. The highest BCUT2D eigenvalue weighted by atomic mass is 35.5. The Morgan fingerprint density at radius 1 is 1.26 bits per heavy atom. The molecule has 2 heterocycles. The normalized spacial score (nSPS) is 11.2. The number of phenols is 1. The molecule has 8 heteroatoms. The molecule has 0 aliphatic carbocycles. The Bertz CT molecular complexity index is 1360. The Kier molecular flexibility index (Phi) is 5.61. The third kappa shape index (κ3) is 4.09. The van der Waals surface area contributed by atoms with Crippen molar-refractivity contribution in [3.05, 3.63) is 68.7 Å². The fraction of sp³-hybridized carbons (Fsp3) is 0.217. The van der Waals surface area contributed by atoms with Gasteiger partial charge in [-0.25, -0.2) is 4.79 Å². The molecule has 2 aromatic heterocycles. The Labute approximate surface area is 182 Å². The van der Waals surface area contributed by atoms with E-state index < -0.39 is 5.63 Å². The zero-order chi connectivity index (χ0) is 22.1. The van der Waals surface area contributed by atoms with E-state index in [-0.39, 0.29) is 34.2 Å². The molecule has 2 aromatic carbocycles. The van der Waals surface area contributed by atoms with E-state index in [1.165, 1.54) is 12.1 Å². The van der Waals surface area contributed by atoms with Crippen LogP contribution in [0.4, 0.5) is 0 Å². The summed E-state index contributed by atoms with van der Waals surface area (Å²) in [5, 5.41) is 14.3. The molecule has 0 radical (unpaired) electrons. The monoisotopic (exact) mass is 440 g/mol. The number of rotatable bonds is 6. The van der Waals surface area contributed by atoms with E-state index in [1.807, 2.05) is 24.4 Å². The number of H-pyrrole nitrogens is 1. The van der Waals surface area contributed by atoms with E-state index >= 15 is 0 Å². The summed E-state index contributed by atoms with van der Waals surface area (Å²) in [7, 11) is 1.62. The molecule has 0 spiro atoms. The summed E-state index contributed by atoms with van der Waals surface area (Å²) in [6.07, 6.45) is 2.43. The number of aromatic amines is 1. The standard InChI is InChI=1S/C23H21ClN2O5/c1-12-15-8-18(24)20(27)10-21(15)31-23(29)16(12)9-22(28)25-6-5-13-11-26-19-4-3-14(30-2)7-17(13)19/h3-4,7-8,10-11,26-27H,5-6,9H2,1-2H3,(H,25,28). The molecule has 0 aliphatic heterocycles. The van der Waals surface area contributed by atoms with Crippen LogP contribution in [0.1, 0.15) is 16.7 Å². The molecule has 0 fully saturated rings. The number of carbonyl (C=O) groups excluding carboxylic acids is 1. The molecule has 31 heavy (non-hydrogen) atoms. The summed E-state index contributed by atoms with van der Waals surface area (Å²) < 4.78 is 10.6. The SMILES string of the molecule is COc1ccc2[nH]cc(CCNC(=O)Cc3c(C)c4cc(Cl)c(O)cc4oc3=O)c2c1. The number of hydrogen-bond acceptors (Lipinski definition) is 5. The van der Waals surface area contributed by atoms with Crippen LogP contribution in [0.25, 0.3) is 21.9 Å². The molecular weight excluding hydrogens is 420 g/mol. The van der Waals surface area contributed by atoms with Gasteiger partial charge in [-0.15, -0.1) is 0 Å². The number of aryl methyl sites for hydroxylation is 1. The number of benzene rings is 2. The van der Waals surface area contributed by atoms with Crippen molar-refractivity contribution in [3.63, 3.8) is 0 Å². The molecule has 0 aliphatic rings. The van der Waals surface area contributed by atoms with Crippen molar-refractivity contribution >= 4 is 39.4 Å². The average molecular weight is 441 g/mol. The molecule has 4 rings (SSSR count). The number of ether oxygens (including phenoxy) is 1. The molecule has 7 nitrogen and oxygen atoms in total. The van der Waals surface area contributed by atoms with Crippen molar-refractivity contribution in [2.75, 3.05) is 13.7 Å². The van der Waals surface area contributed by atoms with Gasteiger partial charge in [0.2, 0.25) is 5.91 Å². The van der Waals surface area contributed by atoms with Crippen molar-refractivity contribution in [3.8, 4) is 11.5 Å². The molecule has 0 saturated heterocycles. The van der Waals surface area contributed by atoms with Gasteiger partial charge in [0.25, 0.3) is 0 Å². The van der Waals surface area contributed by atoms with E-state index in [4.69, 9.17) is 20.8 Å². The Hall–Kier alpha value is -3.45. The van der Waals surface area contributed by atoms with Crippen LogP contribution in [0.5, 0.6) is 11.5 Å². The largest absolute Gasteiger partial charge is 0.506 e. The Balaban J connectivity index is 1.46. The summed E-state index contributed by atoms with van der Waals surface area (Å²) in [6, 6.07) is 8.61. The smallest absolute Gasteiger partial charge is 0.340 e. The highest BCUT2D eigenvalue weighted by Gasteiger charge is 2.16. The molecule has 0 bridgehead atoms. The van der Waals surface area contributed by atoms with E-state index in [0.29, 0.717) is 23.9 Å². The number of fused-ring (bicyclic) bond motifs is 2. The summed E-state index contributed by atoms with van der Waals surface area (Å²) in [6.45, 7) is 2.15. The van der Waals surface area contributed by atoms with Crippen LogP contribution >= 0.6 is 11.6 Å². The molecule has 4 aromatic rings. The number of aromatic nitrogens is 1. The molecular formula is C23H21ClN2O5. The van der Waals surface area contributed by atoms with E-state index in [1.54, 1.807) is 14.0 Å². The summed E-state index contributed by atoms with van der Waals surface area (Å²) in [5.41, 5.74) is 2.55. The Morgan fingerprint density at radius 3 is 2.84 bits per heavy atom. The Morgan fingerprint density at radius 2 is 2.06 bits per heavy atom. The van der Waals surface area contributed by atoms with Crippen molar-refractivity contribution in [2.45, 2.75) is 19.8 Å². The average Bonchev–Trinajstić information content (AvgIpc) is 3.15. The minimum atomic E-state index is -0.606. The first-order valence-electron chi connectivity index (χ1n) is 9.73. The first-order chi connectivity index (χ1) is 14.9. The predicted octanol–water partition coefficient (Wildman–Crippen LogP) is 3.85. The molecule has 0 atom stereocenters. The van der Waals surface area contributed by atoms with Gasteiger partial charge in [-0.3, -0.25) is 4.79 Å². The van der Waals surface area contributed by atoms with Gasteiger partial charge in [0.1, 0.15) is 17.1 Å². The van der Waals surface area contributed by atoms with Gasteiger partial charge in [0.15, 0.2) is 0 Å². The first kappa shape index (κ1) is 20.8. The van der Waals surface area contributed by atoms with Crippen LogP contribution in [0.15, 0.2) is 45.7 Å². The number of aromatic hydroxyl groups is 1. The third-order valence-corrected chi connectivity index (χ3v) is 5.69. The van der Waals surface area contributed by atoms with Crippen LogP contribution in [0.3, 0.4) is 0 Å². The van der Waals surface area contributed by atoms with Crippen molar-refractivity contribution in [1.82, 2.24) is 10.3 Å². The lowest BCUT2D eigenvalue weighted by atomic mass is 10.0. The van der Waals surface area contributed by atoms with E-state index in [2.05, 4.69) is 10.3 Å². The summed E-state index contributed by atoms with van der Waals surface area (Å²) in [4.78, 5) is 28.1. The summed E-state index contributed by atoms with van der Waals surface area (Å²) in [5.74, 6) is 0.318. The van der Waals surface area contributed by atoms with E-state index in [9.17, 15) is 14.7 Å². The number of nitrogens with one attached hydrogen (secondary N) is 2. The van der Waals surface area contributed by atoms with E-state index in [0.717, 1.165) is 22.2 Å². The highest BCUT2D eigenvalue weighted by molar-refractivity contribution is 6.32. The van der Waals surface area contributed by atoms with Crippen LogP contribution in [0, 0.1) is 6.92 Å². The predicted molar refractivity (Wildman–Crippen MR) is 119 cm³/mol. The maximum Gasteiger partial charge on any atom is 0.340 e. The molecule has 0 saturated carbocycles. The van der Waals surface area contributed by atoms with Gasteiger partial charge in [-0.05, 0) is 48.7 Å². The molecule has 1 amide bonds. The lowest BCUT2D eigenvalue weighted by molar-refractivity contribution is -0.120. The van der Waals surface area contributed by atoms with Crippen molar-refractivity contribution in [1.29, 1.82) is 0 Å². The van der Waals surface area contributed by atoms with Crippen molar-refractivity contribution < 1.29 is 19.1 Å². The topological polar surface area (TPSA) is 105 Å². The van der Waals surface area contributed by atoms with Crippen LogP contribution in [-0.2, 0) is 17.6 Å². The van der Waals surface area contributed by atoms with Gasteiger partial charge in [0, 0.05) is 35.1 Å². The lowest BCUT2D eigenvalue weighted by Crippen LogP contribution is -2.29. The number of carbonyl (C=O) groups is 1. The third-order valence-electron chi connectivity index (χ3n) is 5.38. The second-order valence-corrected chi connectivity index (χ2v) is 7.70. The number of hydrogen-bond donors (Lipinski definition) is 3. The highest BCUT2D eigenvalue weighted by Crippen LogP contribution is 2.30. The number of phenolic OH excluding ortho intramolecular Hbond substituents is 1. The van der Waals surface area contributed by atoms with Gasteiger partial charge < -0.3 is 24.6 Å². The van der Waals surface area contributed by atoms with Crippen LogP contribution in [0.2, 0.25) is 5.02 Å². The van der Waals surface area contributed by atoms with Gasteiger partial charge in [-0.2, -0.15) is 0 Å². The second kappa shape index (κ2) is 8.35. The lowest BCUT2D eigenvalue weighted by Gasteiger charge is -2.09. The maximum absolute atomic E-state index is 12.5. The zero-order valence-corrected chi connectivity index (χ0v) is 17.8. The first-order valence-corrected chi connectivity index (χ1v) is 10.1.